The molecule has 112 valence electrons. The number of carboxylic acid groups (broad SMARTS) is 1. The number of benzene rings is 1. The molecular weight excluding hydrogens is 319 g/mol. The molecule has 8 heteroatoms. The highest BCUT2D eigenvalue weighted by Crippen LogP contribution is 2.12. The van der Waals surface area contributed by atoms with Gasteiger partial charge in [-0.15, -0.1) is 0 Å². The van der Waals surface area contributed by atoms with Crippen molar-refractivity contribution in [2.24, 2.45) is 5.10 Å². The zero-order chi connectivity index (χ0) is 15.8. The van der Waals surface area contributed by atoms with Crippen LogP contribution in [0.5, 0.6) is 5.75 Å². The van der Waals surface area contributed by atoms with Gasteiger partial charge in [-0.1, -0.05) is 35.3 Å². The maximum absolute atomic E-state index is 11.5. The van der Waals surface area contributed by atoms with Crippen LogP contribution in [-0.2, 0) is 16.0 Å². The second-order valence-electron chi connectivity index (χ2n) is 3.93. The molecule has 0 atom stereocenters. The third kappa shape index (κ3) is 6.29. The molecule has 0 bridgehead atoms. The number of nitrogens with one attached hydrogen (secondary N) is 1. The lowest BCUT2D eigenvalue weighted by Gasteiger charge is -2.01. The van der Waals surface area contributed by atoms with Gasteiger partial charge in [0.15, 0.2) is 0 Å². The summed E-state index contributed by atoms with van der Waals surface area (Å²) in [6.07, 6.45) is 1.59. The van der Waals surface area contributed by atoms with Crippen LogP contribution in [0.1, 0.15) is 12.0 Å². The van der Waals surface area contributed by atoms with Crippen molar-refractivity contribution in [2.45, 2.75) is 12.8 Å². The number of carboxylic acids is 1. The minimum absolute atomic E-state index is 0.157. The van der Waals surface area contributed by atoms with Gasteiger partial charge in [-0.25, -0.2) is 10.2 Å². The number of carbonyl (C=O) groups is 2. The lowest BCUT2D eigenvalue weighted by atomic mass is 10.1. The van der Waals surface area contributed by atoms with E-state index in [9.17, 15) is 9.59 Å². The number of halogens is 2. The minimum Gasteiger partial charge on any atom is -0.508 e. The van der Waals surface area contributed by atoms with Crippen LogP contribution in [0.3, 0.4) is 0 Å². The van der Waals surface area contributed by atoms with Crippen LogP contribution in [-0.4, -0.2) is 28.3 Å². The third-order valence-electron chi connectivity index (χ3n) is 2.34. The molecule has 0 aliphatic rings. The zero-order valence-corrected chi connectivity index (χ0v) is 12.2. The van der Waals surface area contributed by atoms with Gasteiger partial charge in [-0.05, 0) is 24.1 Å². The van der Waals surface area contributed by atoms with Crippen molar-refractivity contribution >= 4 is 41.3 Å². The van der Waals surface area contributed by atoms with Gasteiger partial charge >= 0.3 is 5.97 Å². The normalized spacial score (nSPS) is 12.1. The Balaban J connectivity index is 2.43. The van der Waals surface area contributed by atoms with E-state index in [0.29, 0.717) is 6.42 Å². The van der Waals surface area contributed by atoms with Crippen LogP contribution in [0.2, 0.25) is 0 Å². The fourth-order valence-electron chi connectivity index (χ4n) is 1.30. The largest absolute Gasteiger partial charge is 0.508 e. The van der Waals surface area contributed by atoms with Gasteiger partial charge in [0.2, 0.25) is 5.91 Å². The van der Waals surface area contributed by atoms with Crippen molar-refractivity contribution in [3.8, 4) is 5.75 Å². The van der Waals surface area contributed by atoms with Crippen LogP contribution in [0.15, 0.2) is 39.4 Å². The first kappa shape index (κ1) is 17.0. The van der Waals surface area contributed by atoms with E-state index in [1.165, 1.54) is 12.1 Å². The molecule has 6 nitrogen and oxygen atoms in total. The molecule has 0 unspecified atom stereocenters. The van der Waals surface area contributed by atoms with E-state index in [0.717, 1.165) is 11.8 Å². The van der Waals surface area contributed by atoms with E-state index >= 15 is 0 Å². The number of hydrogen-bond donors (Lipinski definition) is 3. The molecule has 1 aromatic rings. The van der Waals surface area contributed by atoms with Crippen LogP contribution < -0.4 is 5.43 Å². The topological polar surface area (TPSA) is 99.0 Å². The van der Waals surface area contributed by atoms with Crippen molar-refractivity contribution in [2.75, 3.05) is 0 Å². The molecule has 0 heterocycles. The molecule has 1 aromatic carbocycles. The number of carbonyl (C=O) groups excluding carboxylic acids is 1. The molecule has 0 aliphatic heterocycles. The molecule has 3 N–H and O–H groups in total. The van der Waals surface area contributed by atoms with E-state index in [-0.39, 0.29) is 23.1 Å². The quantitative estimate of drug-likeness (QED) is 0.423. The SMILES string of the molecule is O=C(CCc1ccc(O)cc1)NN=C/C(Cl)=C(/Cl)C(=O)O. The van der Waals surface area contributed by atoms with Gasteiger partial charge in [0.05, 0.1) is 11.2 Å². The smallest absolute Gasteiger partial charge is 0.348 e. The monoisotopic (exact) mass is 330 g/mol. The lowest BCUT2D eigenvalue weighted by Crippen LogP contribution is -2.17. The summed E-state index contributed by atoms with van der Waals surface area (Å²) in [7, 11) is 0. The highest BCUT2D eigenvalue weighted by Gasteiger charge is 2.08. The van der Waals surface area contributed by atoms with Crippen LogP contribution in [0, 0.1) is 0 Å². The second kappa shape index (κ2) is 8.28. The van der Waals surface area contributed by atoms with Crippen molar-refractivity contribution in [1.82, 2.24) is 5.43 Å². The Morgan fingerprint density at radius 2 is 1.86 bits per heavy atom. The lowest BCUT2D eigenvalue weighted by molar-refractivity contribution is -0.131. The number of phenols is 1. The molecule has 21 heavy (non-hydrogen) atoms. The molecule has 1 rings (SSSR count). The van der Waals surface area contributed by atoms with Crippen molar-refractivity contribution in [3.63, 3.8) is 0 Å². The Morgan fingerprint density at radius 3 is 2.43 bits per heavy atom. The summed E-state index contributed by atoms with van der Waals surface area (Å²) >= 11 is 10.9. The Morgan fingerprint density at radius 1 is 1.24 bits per heavy atom. The van der Waals surface area contributed by atoms with E-state index in [1.807, 2.05) is 0 Å². The molecule has 0 spiro atoms. The first-order valence-electron chi connectivity index (χ1n) is 5.78. The molecule has 0 fully saturated rings. The predicted octanol–water partition coefficient (Wildman–Crippen LogP) is 2.20. The standard InChI is InChI=1S/C13H12Cl2N2O4/c14-10(12(15)13(20)21)7-16-17-11(19)6-3-8-1-4-9(18)5-2-8/h1-2,4-5,7,18H,3,6H2,(H,17,19)(H,20,21)/b12-10-,16-7?. The first-order valence-corrected chi connectivity index (χ1v) is 6.54. The summed E-state index contributed by atoms with van der Waals surface area (Å²) in [5, 5.41) is 20.3. The number of amides is 1. The number of phenolic OH excluding ortho intramolecular Hbond substituents is 1. The van der Waals surface area contributed by atoms with E-state index in [2.05, 4.69) is 10.5 Å². The Labute approximate surface area is 130 Å². The zero-order valence-electron chi connectivity index (χ0n) is 10.7. The van der Waals surface area contributed by atoms with Crippen molar-refractivity contribution < 1.29 is 19.8 Å². The minimum atomic E-state index is -1.38. The summed E-state index contributed by atoms with van der Waals surface area (Å²) in [4.78, 5) is 22.0. The number of hydrazone groups is 1. The van der Waals surface area contributed by atoms with Gasteiger partial charge in [0.25, 0.3) is 0 Å². The van der Waals surface area contributed by atoms with Gasteiger partial charge < -0.3 is 10.2 Å². The van der Waals surface area contributed by atoms with Crippen LogP contribution in [0.4, 0.5) is 0 Å². The maximum atomic E-state index is 11.5. The summed E-state index contributed by atoms with van der Waals surface area (Å²) in [5.74, 6) is -1.59. The molecular formula is C13H12Cl2N2O4. The molecule has 0 aliphatic carbocycles. The molecule has 1 amide bonds. The summed E-state index contributed by atoms with van der Waals surface area (Å²) in [5.41, 5.74) is 3.09. The Kier molecular flexibility index (Phi) is 6.71. The second-order valence-corrected chi connectivity index (χ2v) is 4.71. The summed E-state index contributed by atoms with van der Waals surface area (Å²) < 4.78 is 0. The average Bonchev–Trinajstić information content (AvgIpc) is 2.45. The predicted molar refractivity (Wildman–Crippen MR) is 79.4 cm³/mol. The Bertz CT molecular complexity index is 582. The molecule has 0 radical (unpaired) electrons. The number of aryl methyl sites for hydroxylation is 1. The number of aliphatic carboxylic acids is 1. The average molecular weight is 331 g/mol. The fraction of sp³-hybridized carbons (Fsp3) is 0.154. The molecule has 0 saturated heterocycles. The van der Waals surface area contributed by atoms with E-state index in [4.69, 9.17) is 33.4 Å². The van der Waals surface area contributed by atoms with Crippen LogP contribution in [0.25, 0.3) is 0 Å². The highest BCUT2D eigenvalue weighted by atomic mass is 35.5. The van der Waals surface area contributed by atoms with Crippen molar-refractivity contribution in [3.05, 3.63) is 39.9 Å². The van der Waals surface area contributed by atoms with Gasteiger partial charge in [0.1, 0.15) is 10.8 Å². The van der Waals surface area contributed by atoms with Gasteiger partial charge in [0, 0.05) is 6.42 Å². The number of nitrogens with zero attached hydrogens (tertiary/aromatic N) is 1. The van der Waals surface area contributed by atoms with E-state index in [1.54, 1.807) is 12.1 Å². The number of hydrogen-bond acceptors (Lipinski definition) is 4. The number of aromatic hydroxyl groups is 1. The molecule has 0 saturated carbocycles. The fourth-order valence-corrected chi connectivity index (χ4v) is 1.47. The van der Waals surface area contributed by atoms with Crippen LogP contribution >= 0.6 is 23.2 Å². The van der Waals surface area contributed by atoms with Crippen molar-refractivity contribution in [1.29, 1.82) is 0 Å². The third-order valence-corrected chi connectivity index (χ3v) is 3.09. The summed E-state index contributed by atoms with van der Waals surface area (Å²) in [6.45, 7) is 0. The first-order chi connectivity index (χ1) is 9.90. The number of rotatable bonds is 6. The van der Waals surface area contributed by atoms with E-state index < -0.39 is 11.0 Å². The Hall–Kier alpha value is -2.05. The highest BCUT2D eigenvalue weighted by molar-refractivity contribution is 6.51. The summed E-state index contributed by atoms with van der Waals surface area (Å²) in [6, 6.07) is 6.48. The number of allylic oxidation sites excluding steroid dienone is 1. The van der Waals surface area contributed by atoms with Gasteiger partial charge in [-0.3, -0.25) is 4.79 Å². The van der Waals surface area contributed by atoms with Gasteiger partial charge in [-0.2, -0.15) is 5.10 Å². The molecule has 0 aromatic heterocycles. The maximum Gasteiger partial charge on any atom is 0.348 e.